The van der Waals surface area contributed by atoms with Crippen LogP contribution in [0.5, 0.6) is 0 Å². The number of benzene rings is 1. The molecule has 0 aliphatic heterocycles. The lowest BCUT2D eigenvalue weighted by atomic mass is 9.80. The van der Waals surface area contributed by atoms with Crippen molar-refractivity contribution in [2.45, 2.75) is 32.6 Å². The fourth-order valence-corrected chi connectivity index (χ4v) is 1.61. The van der Waals surface area contributed by atoms with Crippen LogP contribution in [0.25, 0.3) is 0 Å². The van der Waals surface area contributed by atoms with Crippen LogP contribution in [0.2, 0.25) is 0 Å². The molecule has 2 N–H and O–H groups in total. The lowest BCUT2D eigenvalue weighted by Gasteiger charge is -2.26. The van der Waals surface area contributed by atoms with E-state index >= 15 is 0 Å². The maximum Gasteiger partial charge on any atom is 0.316 e. The van der Waals surface area contributed by atoms with Crippen molar-refractivity contribution in [3.8, 4) is 0 Å². The first-order valence-electron chi connectivity index (χ1n) is 5.57. The van der Waals surface area contributed by atoms with Crippen LogP contribution in [-0.2, 0) is 14.9 Å². The number of carbonyl (C=O) groups excluding carboxylic acids is 1. The fourth-order valence-electron chi connectivity index (χ4n) is 1.61. The van der Waals surface area contributed by atoms with E-state index in [0.717, 1.165) is 5.56 Å². The topological polar surface area (TPSA) is 52.3 Å². The van der Waals surface area contributed by atoms with Gasteiger partial charge in [0.05, 0.1) is 12.0 Å². The maximum atomic E-state index is 11.9. The van der Waals surface area contributed by atoms with E-state index in [1.807, 2.05) is 45.0 Å². The van der Waals surface area contributed by atoms with Gasteiger partial charge in [-0.3, -0.25) is 4.79 Å². The van der Waals surface area contributed by atoms with Crippen molar-refractivity contribution in [1.29, 1.82) is 0 Å². The molecule has 0 saturated heterocycles. The molecule has 1 rings (SSSR count). The molecule has 0 bridgehead atoms. The second-order valence-electron chi connectivity index (χ2n) is 4.03. The van der Waals surface area contributed by atoms with Crippen LogP contribution in [0, 0.1) is 0 Å². The summed E-state index contributed by atoms with van der Waals surface area (Å²) in [6.45, 7) is 6.10. The van der Waals surface area contributed by atoms with Gasteiger partial charge in [0.2, 0.25) is 0 Å². The average molecular weight is 221 g/mol. The molecule has 88 valence electrons. The summed E-state index contributed by atoms with van der Waals surface area (Å²) in [5.74, 6) is -0.178. The van der Waals surface area contributed by atoms with Crippen LogP contribution in [0.4, 0.5) is 5.69 Å². The monoisotopic (exact) mass is 221 g/mol. The summed E-state index contributed by atoms with van der Waals surface area (Å²) in [6.07, 6.45) is 0.704. The number of ether oxygens (including phenoxy) is 1. The minimum atomic E-state index is -0.580. The third-order valence-electron chi connectivity index (χ3n) is 2.98. The molecule has 0 aliphatic rings. The molecule has 0 saturated carbocycles. The Kier molecular flexibility index (Phi) is 3.93. The van der Waals surface area contributed by atoms with E-state index in [-0.39, 0.29) is 5.97 Å². The van der Waals surface area contributed by atoms with Crippen molar-refractivity contribution in [3.63, 3.8) is 0 Å². The Balaban J connectivity index is 3.04. The first-order valence-corrected chi connectivity index (χ1v) is 5.57. The maximum absolute atomic E-state index is 11.9. The van der Waals surface area contributed by atoms with Gasteiger partial charge < -0.3 is 10.5 Å². The number of nitrogens with two attached hydrogens (primary N) is 1. The standard InChI is InChI=1S/C13H19NO2/c1-4-13(3,12(15)16-5-2)10-6-8-11(14)9-7-10/h6-9H,4-5,14H2,1-3H3. The molecular weight excluding hydrogens is 202 g/mol. The third kappa shape index (κ3) is 2.35. The second-order valence-corrected chi connectivity index (χ2v) is 4.03. The summed E-state index contributed by atoms with van der Waals surface area (Å²) in [6, 6.07) is 7.39. The molecule has 1 atom stereocenters. The predicted molar refractivity (Wildman–Crippen MR) is 65.1 cm³/mol. The number of hydrogen-bond donors (Lipinski definition) is 1. The van der Waals surface area contributed by atoms with Gasteiger partial charge in [0.1, 0.15) is 0 Å². The van der Waals surface area contributed by atoms with Crippen LogP contribution < -0.4 is 5.73 Å². The number of rotatable bonds is 4. The Bertz CT molecular complexity index is 359. The van der Waals surface area contributed by atoms with Crippen LogP contribution >= 0.6 is 0 Å². The smallest absolute Gasteiger partial charge is 0.316 e. The van der Waals surface area contributed by atoms with Crippen molar-refractivity contribution in [1.82, 2.24) is 0 Å². The zero-order chi connectivity index (χ0) is 12.2. The number of hydrogen-bond acceptors (Lipinski definition) is 3. The molecule has 1 unspecified atom stereocenters. The lowest BCUT2D eigenvalue weighted by Crippen LogP contribution is -2.33. The number of anilines is 1. The average Bonchev–Trinajstić information content (AvgIpc) is 2.29. The van der Waals surface area contributed by atoms with Gasteiger partial charge in [-0.05, 0) is 38.0 Å². The van der Waals surface area contributed by atoms with Gasteiger partial charge in [-0.25, -0.2) is 0 Å². The molecule has 0 spiro atoms. The highest BCUT2D eigenvalue weighted by Crippen LogP contribution is 2.29. The Hall–Kier alpha value is -1.51. The Labute approximate surface area is 96.6 Å². The fraction of sp³-hybridized carbons (Fsp3) is 0.462. The van der Waals surface area contributed by atoms with Crippen molar-refractivity contribution >= 4 is 11.7 Å². The summed E-state index contributed by atoms with van der Waals surface area (Å²) < 4.78 is 5.11. The highest BCUT2D eigenvalue weighted by molar-refractivity contribution is 5.82. The number of esters is 1. The molecule has 3 nitrogen and oxygen atoms in total. The van der Waals surface area contributed by atoms with E-state index in [4.69, 9.17) is 10.5 Å². The molecular formula is C13H19NO2. The van der Waals surface area contributed by atoms with Crippen molar-refractivity contribution in [2.75, 3.05) is 12.3 Å². The van der Waals surface area contributed by atoms with Crippen molar-refractivity contribution in [3.05, 3.63) is 29.8 Å². The van der Waals surface area contributed by atoms with Crippen molar-refractivity contribution in [2.24, 2.45) is 0 Å². The number of carbonyl (C=O) groups is 1. The van der Waals surface area contributed by atoms with Gasteiger partial charge in [0, 0.05) is 5.69 Å². The van der Waals surface area contributed by atoms with Crippen LogP contribution in [-0.4, -0.2) is 12.6 Å². The van der Waals surface area contributed by atoms with E-state index < -0.39 is 5.41 Å². The van der Waals surface area contributed by atoms with Crippen LogP contribution in [0.1, 0.15) is 32.8 Å². The minimum absolute atomic E-state index is 0.178. The summed E-state index contributed by atoms with van der Waals surface area (Å²) in [5, 5.41) is 0. The second kappa shape index (κ2) is 5.01. The summed E-state index contributed by atoms with van der Waals surface area (Å²) in [5.41, 5.74) is 6.70. The third-order valence-corrected chi connectivity index (χ3v) is 2.98. The molecule has 1 aromatic rings. The molecule has 0 heterocycles. The first kappa shape index (κ1) is 12.6. The van der Waals surface area contributed by atoms with Gasteiger partial charge in [-0.15, -0.1) is 0 Å². The SMILES string of the molecule is CCOC(=O)C(C)(CC)c1ccc(N)cc1. The van der Waals surface area contributed by atoms with E-state index in [9.17, 15) is 4.79 Å². The zero-order valence-corrected chi connectivity index (χ0v) is 10.1. The van der Waals surface area contributed by atoms with Crippen molar-refractivity contribution < 1.29 is 9.53 Å². The van der Waals surface area contributed by atoms with Gasteiger partial charge in [0.15, 0.2) is 0 Å². The van der Waals surface area contributed by atoms with E-state index in [1.165, 1.54) is 0 Å². The van der Waals surface area contributed by atoms with E-state index in [2.05, 4.69) is 0 Å². The van der Waals surface area contributed by atoms with E-state index in [0.29, 0.717) is 18.7 Å². The van der Waals surface area contributed by atoms with Gasteiger partial charge in [-0.1, -0.05) is 19.1 Å². The van der Waals surface area contributed by atoms with Gasteiger partial charge in [-0.2, -0.15) is 0 Å². The first-order chi connectivity index (χ1) is 7.54. The molecule has 1 aromatic carbocycles. The van der Waals surface area contributed by atoms with Gasteiger partial charge >= 0.3 is 5.97 Å². The minimum Gasteiger partial charge on any atom is -0.465 e. The Morgan fingerprint density at radius 2 is 1.88 bits per heavy atom. The largest absolute Gasteiger partial charge is 0.465 e. The molecule has 16 heavy (non-hydrogen) atoms. The summed E-state index contributed by atoms with van der Waals surface area (Å²) in [4.78, 5) is 11.9. The Morgan fingerprint density at radius 1 is 1.31 bits per heavy atom. The Morgan fingerprint density at radius 3 is 2.31 bits per heavy atom. The predicted octanol–water partition coefficient (Wildman–Crippen LogP) is 2.50. The molecule has 0 radical (unpaired) electrons. The quantitative estimate of drug-likeness (QED) is 0.627. The molecule has 0 aromatic heterocycles. The molecule has 3 heteroatoms. The summed E-state index contributed by atoms with van der Waals surface area (Å²) >= 11 is 0. The normalized spacial score (nSPS) is 14.2. The molecule has 0 fully saturated rings. The van der Waals surface area contributed by atoms with Gasteiger partial charge in [0.25, 0.3) is 0 Å². The number of nitrogen functional groups attached to an aromatic ring is 1. The van der Waals surface area contributed by atoms with E-state index in [1.54, 1.807) is 0 Å². The van der Waals surface area contributed by atoms with Crippen LogP contribution in [0.3, 0.4) is 0 Å². The molecule has 0 aliphatic carbocycles. The zero-order valence-electron chi connectivity index (χ0n) is 10.1. The highest BCUT2D eigenvalue weighted by atomic mass is 16.5. The molecule has 0 amide bonds. The van der Waals surface area contributed by atoms with Crippen LogP contribution in [0.15, 0.2) is 24.3 Å². The lowest BCUT2D eigenvalue weighted by molar-refractivity contribution is -0.149. The summed E-state index contributed by atoms with van der Waals surface area (Å²) in [7, 11) is 0. The highest BCUT2D eigenvalue weighted by Gasteiger charge is 2.34.